The van der Waals surface area contributed by atoms with Gasteiger partial charge in [-0.3, -0.25) is 9.59 Å². The number of hydrogen-bond acceptors (Lipinski definition) is 3. The Labute approximate surface area is 121 Å². The number of unbranched alkanes of at least 4 members (excludes halogenated alkanes) is 2. The molecule has 2 heterocycles. The van der Waals surface area contributed by atoms with E-state index in [1.807, 2.05) is 9.80 Å². The molecule has 0 radical (unpaired) electrons. The molecule has 0 N–H and O–H groups in total. The molecule has 0 aromatic rings. The van der Waals surface area contributed by atoms with Crippen LogP contribution >= 0.6 is 0 Å². The maximum atomic E-state index is 12.6. The van der Waals surface area contributed by atoms with E-state index in [2.05, 4.69) is 0 Å². The van der Waals surface area contributed by atoms with Crippen molar-refractivity contribution < 1.29 is 14.3 Å². The number of amides is 2. The highest BCUT2D eigenvalue weighted by atomic mass is 16.5. The van der Waals surface area contributed by atoms with Gasteiger partial charge in [0, 0.05) is 39.8 Å². The molecule has 114 valence electrons. The Balaban J connectivity index is 1.86. The first-order valence-corrected chi connectivity index (χ1v) is 7.81. The van der Waals surface area contributed by atoms with Crippen LogP contribution in [0.2, 0.25) is 0 Å². The summed E-state index contributed by atoms with van der Waals surface area (Å²) in [6, 6.07) is -0.183. The quantitative estimate of drug-likeness (QED) is 0.692. The zero-order chi connectivity index (χ0) is 14.4. The van der Waals surface area contributed by atoms with Crippen molar-refractivity contribution in [2.75, 3.05) is 33.4 Å². The molecular formula is C15H26N2O3. The Hall–Kier alpha value is -1.10. The second-order valence-electron chi connectivity index (χ2n) is 5.73. The van der Waals surface area contributed by atoms with Crippen LogP contribution in [0.4, 0.5) is 0 Å². The van der Waals surface area contributed by atoms with E-state index in [1.54, 1.807) is 7.11 Å². The normalized spacial score (nSPS) is 23.8. The van der Waals surface area contributed by atoms with Gasteiger partial charge in [-0.2, -0.15) is 0 Å². The fourth-order valence-corrected chi connectivity index (χ4v) is 3.13. The molecule has 0 aromatic heterocycles. The molecular weight excluding hydrogens is 256 g/mol. The average molecular weight is 282 g/mol. The van der Waals surface area contributed by atoms with Crippen LogP contribution in [0.25, 0.3) is 0 Å². The summed E-state index contributed by atoms with van der Waals surface area (Å²) in [6.07, 6.45) is 6.52. The topological polar surface area (TPSA) is 49.9 Å². The van der Waals surface area contributed by atoms with E-state index in [0.717, 1.165) is 58.2 Å². The monoisotopic (exact) mass is 282 g/mol. The van der Waals surface area contributed by atoms with Crippen LogP contribution < -0.4 is 0 Å². The summed E-state index contributed by atoms with van der Waals surface area (Å²) < 4.78 is 5.03. The third-order valence-corrected chi connectivity index (χ3v) is 4.29. The maximum absolute atomic E-state index is 12.6. The first kappa shape index (κ1) is 15.3. The molecule has 2 fully saturated rings. The molecule has 2 aliphatic rings. The first-order chi connectivity index (χ1) is 9.74. The highest BCUT2D eigenvalue weighted by Crippen LogP contribution is 2.23. The highest BCUT2D eigenvalue weighted by Gasteiger charge is 2.37. The molecule has 0 aliphatic carbocycles. The number of rotatable bonds is 6. The Morgan fingerprint density at radius 2 is 2.00 bits per heavy atom. The van der Waals surface area contributed by atoms with E-state index in [0.29, 0.717) is 13.0 Å². The van der Waals surface area contributed by atoms with Gasteiger partial charge in [0.1, 0.15) is 6.04 Å². The van der Waals surface area contributed by atoms with Crippen LogP contribution in [0.15, 0.2) is 0 Å². The van der Waals surface area contributed by atoms with E-state index in [9.17, 15) is 9.59 Å². The Morgan fingerprint density at radius 3 is 2.80 bits per heavy atom. The SMILES string of the molecule is COCCCCCN1CCC(=O)N2CCCCC2C1=O. The molecule has 2 amide bonds. The summed E-state index contributed by atoms with van der Waals surface area (Å²) in [6.45, 7) is 2.91. The smallest absolute Gasteiger partial charge is 0.245 e. The van der Waals surface area contributed by atoms with E-state index >= 15 is 0 Å². The van der Waals surface area contributed by atoms with Crippen LogP contribution in [0.3, 0.4) is 0 Å². The lowest BCUT2D eigenvalue weighted by atomic mass is 10.0. The number of nitrogens with zero attached hydrogens (tertiary/aromatic N) is 2. The van der Waals surface area contributed by atoms with Crippen molar-refractivity contribution in [1.29, 1.82) is 0 Å². The molecule has 1 atom stereocenters. The third kappa shape index (κ3) is 3.72. The van der Waals surface area contributed by atoms with Crippen LogP contribution in [0, 0.1) is 0 Å². The Morgan fingerprint density at radius 1 is 1.15 bits per heavy atom. The molecule has 1 unspecified atom stereocenters. The van der Waals surface area contributed by atoms with Gasteiger partial charge in [0.15, 0.2) is 0 Å². The van der Waals surface area contributed by atoms with Gasteiger partial charge in [-0.1, -0.05) is 0 Å². The summed E-state index contributed by atoms with van der Waals surface area (Å²) in [7, 11) is 1.71. The highest BCUT2D eigenvalue weighted by molar-refractivity contribution is 5.90. The van der Waals surface area contributed by atoms with Gasteiger partial charge >= 0.3 is 0 Å². The van der Waals surface area contributed by atoms with Gasteiger partial charge in [-0.05, 0) is 38.5 Å². The molecule has 2 saturated heterocycles. The lowest BCUT2D eigenvalue weighted by molar-refractivity contribution is -0.143. The minimum Gasteiger partial charge on any atom is -0.385 e. The number of piperidine rings is 1. The number of methoxy groups -OCH3 is 1. The van der Waals surface area contributed by atoms with E-state index in [4.69, 9.17) is 4.74 Å². The predicted octanol–water partition coefficient (Wildman–Crippen LogP) is 1.42. The van der Waals surface area contributed by atoms with Gasteiger partial charge in [-0.15, -0.1) is 0 Å². The fourth-order valence-electron chi connectivity index (χ4n) is 3.13. The van der Waals surface area contributed by atoms with E-state index < -0.39 is 0 Å². The molecule has 5 nitrogen and oxygen atoms in total. The van der Waals surface area contributed by atoms with Crippen molar-refractivity contribution >= 4 is 11.8 Å². The molecule has 0 aromatic carbocycles. The molecule has 20 heavy (non-hydrogen) atoms. The van der Waals surface area contributed by atoms with Crippen LogP contribution in [-0.4, -0.2) is 61.0 Å². The minimum atomic E-state index is -0.183. The lowest BCUT2D eigenvalue weighted by Crippen LogP contribution is -2.49. The summed E-state index contributed by atoms with van der Waals surface area (Å²) in [4.78, 5) is 28.4. The van der Waals surface area contributed by atoms with Gasteiger partial charge in [0.05, 0.1) is 0 Å². The first-order valence-electron chi connectivity index (χ1n) is 7.81. The van der Waals surface area contributed by atoms with Gasteiger partial charge < -0.3 is 14.5 Å². The molecule has 0 spiro atoms. The number of carbonyl (C=O) groups is 2. The predicted molar refractivity (Wildman–Crippen MR) is 76.3 cm³/mol. The van der Waals surface area contributed by atoms with Crippen molar-refractivity contribution in [3.63, 3.8) is 0 Å². The van der Waals surface area contributed by atoms with E-state index in [1.165, 1.54) is 0 Å². The average Bonchev–Trinajstić information content (AvgIpc) is 2.59. The molecule has 0 saturated carbocycles. The van der Waals surface area contributed by atoms with Crippen molar-refractivity contribution in [2.24, 2.45) is 0 Å². The van der Waals surface area contributed by atoms with E-state index in [-0.39, 0.29) is 17.9 Å². The summed E-state index contributed by atoms with van der Waals surface area (Å²) in [5.74, 6) is 0.326. The Kier molecular flexibility index (Phi) is 5.83. The van der Waals surface area contributed by atoms with Gasteiger partial charge in [0.25, 0.3) is 0 Å². The van der Waals surface area contributed by atoms with Gasteiger partial charge in [-0.25, -0.2) is 0 Å². The molecule has 2 rings (SSSR count). The summed E-state index contributed by atoms with van der Waals surface area (Å²) in [5.41, 5.74) is 0. The second kappa shape index (κ2) is 7.62. The molecule has 0 bridgehead atoms. The molecule has 2 aliphatic heterocycles. The zero-order valence-corrected chi connectivity index (χ0v) is 12.5. The second-order valence-corrected chi connectivity index (χ2v) is 5.73. The standard InChI is InChI=1S/C15H26N2O3/c1-20-12-6-2-4-9-16-11-8-14(18)17-10-5-3-7-13(17)15(16)19/h13H,2-12H2,1H3. The fraction of sp³-hybridized carbons (Fsp3) is 0.867. The Bertz CT molecular complexity index is 346. The number of hydrogen-bond donors (Lipinski definition) is 0. The van der Waals surface area contributed by atoms with Crippen LogP contribution in [0.1, 0.15) is 44.9 Å². The third-order valence-electron chi connectivity index (χ3n) is 4.29. The zero-order valence-electron chi connectivity index (χ0n) is 12.5. The number of carbonyl (C=O) groups excluding carboxylic acids is 2. The van der Waals surface area contributed by atoms with Crippen molar-refractivity contribution in [1.82, 2.24) is 9.80 Å². The van der Waals surface area contributed by atoms with Crippen LogP contribution in [-0.2, 0) is 14.3 Å². The summed E-state index contributed by atoms with van der Waals surface area (Å²) >= 11 is 0. The van der Waals surface area contributed by atoms with Crippen molar-refractivity contribution in [3.8, 4) is 0 Å². The van der Waals surface area contributed by atoms with Crippen molar-refractivity contribution in [3.05, 3.63) is 0 Å². The lowest BCUT2D eigenvalue weighted by Gasteiger charge is -2.34. The molecule has 5 heteroatoms. The number of ether oxygens (including phenoxy) is 1. The number of fused-ring (bicyclic) bond motifs is 1. The summed E-state index contributed by atoms with van der Waals surface area (Å²) in [5, 5.41) is 0. The minimum absolute atomic E-state index is 0.157. The van der Waals surface area contributed by atoms with Gasteiger partial charge in [0.2, 0.25) is 11.8 Å². The van der Waals surface area contributed by atoms with Crippen LogP contribution in [0.5, 0.6) is 0 Å². The maximum Gasteiger partial charge on any atom is 0.245 e. The van der Waals surface area contributed by atoms with Crippen molar-refractivity contribution in [2.45, 2.75) is 51.0 Å². The largest absolute Gasteiger partial charge is 0.385 e.